The Labute approximate surface area is 200 Å². The number of fused-ring (bicyclic) bond motifs is 3. The van der Waals surface area contributed by atoms with E-state index in [1.165, 1.54) is 19.5 Å². The summed E-state index contributed by atoms with van der Waals surface area (Å²) in [6.07, 6.45) is 2.03. The van der Waals surface area contributed by atoms with Gasteiger partial charge in [-0.2, -0.15) is 0 Å². The molecule has 1 fully saturated rings. The molecule has 1 saturated heterocycles. The molecule has 184 valence electrons. The zero-order valence-corrected chi connectivity index (χ0v) is 19.8. The maximum absolute atomic E-state index is 13.5. The molecular weight excluding hydrogens is 478 g/mol. The molecule has 12 heteroatoms. The standard InChI is InChI=1S/C23H24F2N6O3S/c1-34-18-5-4-17-19(22(18)35(26,32)33)20-21(29-17)23(28-13-27-20)31-10-8-30(9-11-31)7-6-14-2-3-15(24)16(25)12-14/h2-5,12-13,29H,6-11H2,1H3,(H2,26,32,33). The van der Waals surface area contributed by atoms with Gasteiger partial charge < -0.3 is 14.6 Å². The van der Waals surface area contributed by atoms with Crippen LogP contribution in [0, 0.1) is 11.6 Å². The molecule has 0 aliphatic carbocycles. The Morgan fingerprint density at radius 3 is 2.54 bits per heavy atom. The quantitative estimate of drug-likeness (QED) is 0.416. The highest BCUT2D eigenvalue weighted by Crippen LogP contribution is 2.37. The van der Waals surface area contributed by atoms with E-state index in [1.54, 1.807) is 18.2 Å². The van der Waals surface area contributed by atoms with Crippen LogP contribution in [0.5, 0.6) is 5.75 Å². The molecule has 4 aromatic rings. The third kappa shape index (κ3) is 4.40. The summed E-state index contributed by atoms with van der Waals surface area (Å²) < 4.78 is 56.6. The van der Waals surface area contributed by atoms with Gasteiger partial charge in [-0.15, -0.1) is 0 Å². The summed E-state index contributed by atoms with van der Waals surface area (Å²) in [5, 5.41) is 5.88. The van der Waals surface area contributed by atoms with Crippen LogP contribution in [-0.2, 0) is 16.4 Å². The van der Waals surface area contributed by atoms with Crippen molar-refractivity contribution < 1.29 is 21.9 Å². The zero-order valence-electron chi connectivity index (χ0n) is 19.0. The van der Waals surface area contributed by atoms with E-state index in [0.29, 0.717) is 47.3 Å². The molecule has 2 aromatic heterocycles. The first-order valence-corrected chi connectivity index (χ1v) is 12.6. The van der Waals surface area contributed by atoms with E-state index < -0.39 is 21.7 Å². The third-order valence-electron chi connectivity index (χ3n) is 6.32. The number of primary sulfonamides is 1. The van der Waals surface area contributed by atoms with Crippen LogP contribution in [0.4, 0.5) is 14.6 Å². The lowest BCUT2D eigenvalue weighted by atomic mass is 10.1. The van der Waals surface area contributed by atoms with Crippen molar-refractivity contribution in [3.63, 3.8) is 0 Å². The van der Waals surface area contributed by atoms with E-state index in [2.05, 4.69) is 24.8 Å². The molecule has 0 bridgehead atoms. The average Bonchev–Trinajstić information content (AvgIpc) is 3.22. The van der Waals surface area contributed by atoms with Crippen molar-refractivity contribution >= 4 is 37.8 Å². The average molecular weight is 503 g/mol. The van der Waals surface area contributed by atoms with Crippen LogP contribution in [0.3, 0.4) is 0 Å². The second kappa shape index (κ2) is 9.02. The van der Waals surface area contributed by atoms with Crippen LogP contribution in [0.1, 0.15) is 5.56 Å². The van der Waals surface area contributed by atoms with E-state index in [0.717, 1.165) is 31.3 Å². The summed E-state index contributed by atoms with van der Waals surface area (Å²) in [6.45, 7) is 3.61. The fourth-order valence-electron chi connectivity index (χ4n) is 4.57. The van der Waals surface area contributed by atoms with Crippen LogP contribution in [0.15, 0.2) is 41.6 Å². The number of hydrogen-bond donors (Lipinski definition) is 2. The van der Waals surface area contributed by atoms with Gasteiger partial charge in [-0.05, 0) is 36.2 Å². The van der Waals surface area contributed by atoms with E-state index in [4.69, 9.17) is 9.88 Å². The molecule has 0 radical (unpaired) electrons. The molecule has 0 amide bonds. The smallest absolute Gasteiger partial charge is 0.242 e. The van der Waals surface area contributed by atoms with Crippen molar-refractivity contribution in [3.8, 4) is 5.75 Å². The molecule has 3 N–H and O–H groups in total. The van der Waals surface area contributed by atoms with Gasteiger partial charge in [-0.1, -0.05) is 6.07 Å². The molecular formula is C23H24F2N6O3S. The minimum absolute atomic E-state index is 0.115. The lowest BCUT2D eigenvalue weighted by molar-refractivity contribution is 0.260. The fraction of sp³-hybridized carbons (Fsp3) is 0.304. The van der Waals surface area contributed by atoms with Crippen molar-refractivity contribution in [2.45, 2.75) is 11.3 Å². The van der Waals surface area contributed by atoms with Crippen LogP contribution in [-0.4, -0.2) is 68.1 Å². The summed E-state index contributed by atoms with van der Waals surface area (Å²) in [4.78, 5) is 16.3. The van der Waals surface area contributed by atoms with Crippen LogP contribution in [0.25, 0.3) is 21.9 Å². The Morgan fingerprint density at radius 1 is 1.09 bits per heavy atom. The van der Waals surface area contributed by atoms with Gasteiger partial charge in [0.15, 0.2) is 17.5 Å². The monoisotopic (exact) mass is 502 g/mol. The number of piperazine rings is 1. The Balaban J connectivity index is 1.39. The number of rotatable bonds is 6. The molecule has 3 heterocycles. The number of sulfonamides is 1. The second-order valence-electron chi connectivity index (χ2n) is 8.44. The predicted octanol–water partition coefficient (Wildman–Crippen LogP) is 2.41. The minimum Gasteiger partial charge on any atom is -0.495 e. The Morgan fingerprint density at radius 2 is 1.86 bits per heavy atom. The topological polar surface area (TPSA) is 117 Å². The highest BCUT2D eigenvalue weighted by atomic mass is 32.2. The number of ether oxygens (including phenoxy) is 1. The summed E-state index contributed by atoms with van der Waals surface area (Å²) >= 11 is 0. The van der Waals surface area contributed by atoms with Gasteiger partial charge >= 0.3 is 0 Å². The maximum atomic E-state index is 13.5. The van der Waals surface area contributed by atoms with Crippen molar-refractivity contribution in [2.24, 2.45) is 5.14 Å². The highest BCUT2D eigenvalue weighted by molar-refractivity contribution is 7.89. The summed E-state index contributed by atoms with van der Waals surface area (Å²) in [7, 11) is -2.70. The summed E-state index contributed by atoms with van der Waals surface area (Å²) in [5.74, 6) is -0.853. The summed E-state index contributed by atoms with van der Waals surface area (Å²) in [6, 6.07) is 7.28. The van der Waals surface area contributed by atoms with Crippen molar-refractivity contribution in [2.75, 3.05) is 44.7 Å². The zero-order chi connectivity index (χ0) is 24.7. The van der Waals surface area contributed by atoms with Crippen molar-refractivity contribution in [1.29, 1.82) is 0 Å². The first kappa shape index (κ1) is 23.4. The van der Waals surface area contributed by atoms with Gasteiger partial charge in [0.1, 0.15) is 28.0 Å². The first-order chi connectivity index (χ1) is 16.8. The lowest BCUT2D eigenvalue weighted by Crippen LogP contribution is -2.47. The van der Waals surface area contributed by atoms with Crippen LogP contribution < -0.4 is 14.8 Å². The molecule has 2 aromatic carbocycles. The number of nitrogens with zero attached hydrogens (tertiary/aromatic N) is 4. The number of halogens is 2. The van der Waals surface area contributed by atoms with Gasteiger partial charge in [0, 0.05) is 43.6 Å². The maximum Gasteiger partial charge on any atom is 0.242 e. The lowest BCUT2D eigenvalue weighted by Gasteiger charge is -2.35. The third-order valence-corrected chi connectivity index (χ3v) is 7.30. The van der Waals surface area contributed by atoms with E-state index in [1.807, 2.05) is 0 Å². The molecule has 0 spiro atoms. The SMILES string of the molecule is COc1ccc2[nH]c3c(N4CCN(CCc5ccc(F)c(F)c5)CC4)ncnc3c2c1S(N)(=O)=O. The number of methoxy groups -OCH3 is 1. The minimum atomic E-state index is -4.08. The Hall–Kier alpha value is -3.35. The predicted molar refractivity (Wildman–Crippen MR) is 128 cm³/mol. The second-order valence-corrected chi connectivity index (χ2v) is 9.94. The molecule has 0 atom stereocenters. The van der Waals surface area contributed by atoms with Crippen molar-refractivity contribution in [1.82, 2.24) is 19.9 Å². The number of H-pyrrole nitrogens is 1. The Kier molecular flexibility index (Phi) is 6.03. The molecule has 0 unspecified atom stereocenters. The molecule has 9 nitrogen and oxygen atoms in total. The molecule has 1 aliphatic heterocycles. The molecule has 35 heavy (non-hydrogen) atoms. The number of aromatic amines is 1. The van der Waals surface area contributed by atoms with Gasteiger partial charge in [-0.25, -0.2) is 32.3 Å². The number of aromatic nitrogens is 3. The number of benzene rings is 2. The number of nitrogens with one attached hydrogen (secondary N) is 1. The van der Waals surface area contributed by atoms with Gasteiger partial charge in [-0.3, -0.25) is 4.90 Å². The summed E-state index contributed by atoms with van der Waals surface area (Å²) in [5.41, 5.74) is 2.39. The van der Waals surface area contributed by atoms with Gasteiger partial charge in [0.2, 0.25) is 10.0 Å². The first-order valence-electron chi connectivity index (χ1n) is 11.0. The number of nitrogens with two attached hydrogens (primary N) is 1. The van der Waals surface area contributed by atoms with Gasteiger partial charge in [0.05, 0.1) is 7.11 Å². The van der Waals surface area contributed by atoms with Crippen LogP contribution in [0.2, 0.25) is 0 Å². The van der Waals surface area contributed by atoms with Crippen LogP contribution >= 0.6 is 0 Å². The fourth-order valence-corrected chi connectivity index (χ4v) is 5.49. The number of hydrogen-bond acceptors (Lipinski definition) is 7. The Bertz CT molecular complexity index is 1520. The molecule has 5 rings (SSSR count). The van der Waals surface area contributed by atoms with E-state index >= 15 is 0 Å². The van der Waals surface area contributed by atoms with Gasteiger partial charge in [0.25, 0.3) is 0 Å². The van der Waals surface area contributed by atoms with E-state index in [9.17, 15) is 17.2 Å². The van der Waals surface area contributed by atoms with Crippen molar-refractivity contribution in [3.05, 3.63) is 53.9 Å². The largest absolute Gasteiger partial charge is 0.495 e. The molecule has 0 saturated carbocycles. The van der Waals surface area contributed by atoms with E-state index in [-0.39, 0.29) is 10.6 Å². The normalized spacial score (nSPS) is 15.3. The number of anilines is 1. The molecule has 1 aliphatic rings. The highest BCUT2D eigenvalue weighted by Gasteiger charge is 2.26.